The van der Waals surface area contributed by atoms with E-state index in [1.807, 2.05) is 35.2 Å². The van der Waals surface area contributed by atoms with E-state index < -0.39 is 39.7 Å². The topological polar surface area (TPSA) is 113 Å². The Morgan fingerprint density at radius 2 is 1.62 bits per heavy atom. The first-order valence-corrected chi connectivity index (χ1v) is 15.6. The lowest BCUT2D eigenvalue weighted by Gasteiger charge is -2.35. The maximum Gasteiger partial charge on any atom is 0.416 e. The van der Waals surface area contributed by atoms with Gasteiger partial charge in [-0.05, 0) is 35.6 Å². The molecule has 222 valence electrons. The van der Waals surface area contributed by atoms with Gasteiger partial charge in [0, 0.05) is 44.1 Å². The van der Waals surface area contributed by atoms with Crippen LogP contribution >= 0.6 is 0 Å². The van der Waals surface area contributed by atoms with Crippen molar-refractivity contribution in [2.24, 2.45) is 11.8 Å². The zero-order valence-electron chi connectivity index (χ0n) is 23.6. The SMILES string of the molecule is CC(C)[C@@H](CS(=O)(=O)N1CCN(c2ncc(-c3ccc(F)cc3)cn2)CC1)C(=O)N1C(=O)OC[C@H]1Cc1ccccc1. The molecule has 3 heterocycles. The van der Waals surface area contributed by atoms with Crippen LogP contribution in [0.1, 0.15) is 19.4 Å². The summed E-state index contributed by atoms with van der Waals surface area (Å²) >= 11 is 0. The second kappa shape index (κ2) is 12.5. The molecule has 0 spiro atoms. The van der Waals surface area contributed by atoms with Crippen molar-refractivity contribution in [1.82, 2.24) is 19.2 Å². The number of amides is 2. The van der Waals surface area contributed by atoms with Gasteiger partial charge in [-0.3, -0.25) is 4.79 Å². The Labute approximate surface area is 245 Å². The molecule has 0 N–H and O–H groups in total. The molecule has 2 atom stereocenters. The summed E-state index contributed by atoms with van der Waals surface area (Å²) in [6.45, 7) is 4.85. The average Bonchev–Trinajstić information content (AvgIpc) is 3.36. The summed E-state index contributed by atoms with van der Waals surface area (Å²) in [7, 11) is -3.81. The Hall–Kier alpha value is -3.90. The van der Waals surface area contributed by atoms with Crippen molar-refractivity contribution < 1.29 is 27.1 Å². The normalized spacial score (nSPS) is 18.8. The zero-order valence-corrected chi connectivity index (χ0v) is 24.4. The number of rotatable bonds is 9. The standard InChI is InChI=1S/C30H34FN5O5S/c1-21(2)27(28(37)36-26(19-41-30(36)38)16-22-6-4-3-5-7-22)20-42(39,40)35-14-12-34(13-15-35)29-32-17-24(18-33-29)23-8-10-25(31)11-9-23/h3-11,17-18,21,26-27H,12-16,19-20H2,1-2H3/t26-,27-/m1/s1. The highest BCUT2D eigenvalue weighted by molar-refractivity contribution is 7.89. The number of sulfonamides is 1. The van der Waals surface area contributed by atoms with Crippen molar-refractivity contribution in [2.75, 3.05) is 43.4 Å². The Balaban J connectivity index is 1.22. The lowest BCUT2D eigenvalue weighted by molar-refractivity contribution is -0.134. The minimum absolute atomic E-state index is 0.0753. The summed E-state index contributed by atoms with van der Waals surface area (Å²) in [4.78, 5) is 38.1. The molecule has 3 aromatic rings. The maximum absolute atomic E-state index is 13.6. The third-order valence-electron chi connectivity index (χ3n) is 7.76. The van der Waals surface area contributed by atoms with Crippen LogP contribution in [0.4, 0.5) is 15.1 Å². The molecule has 0 bridgehead atoms. The summed E-state index contributed by atoms with van der Waals surface area (Å²) in [5, 5.41) is 0. The van der Waals surface area contributed by atoms with Gasteiger partial charge in [0.2, 0.25) is 21.9 Å². The maximum atomic E-state index is 13.6. The van der Waals surface area contributed by atoms with E-state index >= 15 is 0 Å². The molecule has 0 radical (unpaired) electrons. The molecule has 1 aromatic heterocycles. The molecule has 2 aromatic carbocycles. The molecule has 42 heavy (non-hydrogen) atoms. The Morgan fingerprint density at radius 3 is 2.24 bits per heavy atom. The van der Waals surface area contributed by atoms with Crippen LogP contribution in [0, 0.1) is 17.7 Å². The summed E-state index contributed by atoms with van der Waals surface area (Å²) < 4.78 is 46.8. The number of aromatic nitrogens is 2. The van der Waals surface area contributed by atoms with E-state index in [2.05, 4.69) is 9.97 Å². The van der Waals surface area contributed by atoms with E-state index in [-0.39, 0.29) is 31.4 Å². The van der Waals surface area contributed by atoms with Crippen molar-refractivity contribution >= 4 is 28.0 Å². The van der Waals surface area contributed by atoms with Crippen LogP contribution in [-0.4, -0.2) is 84.2 Å². The van der Waals surface area contributed by atoms with E-state index in [0.717, 1.165) is 21.6 Å². The molecule has 5 rings (SSSR count). The first kappa shape index (κ1) is 29.6. The van der Waals surface area contributed by atoms with Crippen LogP contribution in [0.3, 0.4) is 0 Å². The molecule has 2 amide bonds. The van der Waals surface area contributed by atoms with Crippen LogP contribution in [0.2, 0.25) is 0 Å². The quantitative estimate of drug-likeness (QED) is 0.369. The number of hydrogen-bond donors (Lipinski definition) is 0. The van der Waals surface area contributed by atoms with Gasteiger partial charge in [0.1, 0.15) is 12.4 Å². The Kier molecular flexibility index (Phi) is 8.83. The average molecular weight is 596 g/mol. The molecule has 10 nitrogen and oxygen atoms in total. The summed E-state index contributed by atoms with van der Waals surface area (Å²) in [5.74, 6) is -1.98. The third-order valence-corrected chi connectivity index (χ3v) is 9.69. The predicted octanol–water partition coefficient (Wildman–Crippen LogP) is 3.60. The number of piperazine rings is 1. The molecule has 12 heteroatoms. The summed E-state index contributed by atoms with van der Waals surface area (Å²) in [6, 6.07) is 15.1. The molecular formula is C30H34FN5O5S. The highest BCUT2D eigenvalue weighted by Crippen LogP contribution is 2.26. The monoisotopic (exact) mass is 595 g/mol. The largest absolute Gasteiger partial charge is 0.447 e. The minimum Gasteiger partial charge on any atom is -0.447 e. The van der Waals surface area contributed by atoms with Gasteiger partial charge in [-0.25, -0.2) is 32.5 Å². The van der Waals surface area contributed by atoms with Crippen LogP contribution < -0.4 is 4.90 Å². The van der Waals surface area contributed by atoms with Gasteiger partial charge in [0.05, 0.1) is 17.7 Å². The third kappa shape index (κ3) is 6.60. The first-order valence-electron chi connectivity index (χ1n) is 14.0. The second-order valence-electron chi connectivity index (χ2n) is 10.9. The van der Waals surface area contributed by atoms with Gasteiger partial charge in [-0.2, -0.15) is 4.31 Å². The number of benzene rings is 2. The number of ether oxygens (including phenoxy) is 1. The minimum atomic E-state index is -3.81. The smallest absolute Gasteiger partial charge is 0.416 e. The lowest BCUT2D eigenvalue weighted by atomic mass is 9.95. The van der Waals surface area contributed by atoms with Crippen LogP contribution in [0.15, 0.2) is 67.0 Å². The molecule has 2 saturated heterocycles. The van der Waals surface area contributed by atoms with Crippen molar-refractivity contribution in [3.63, 3.8) is 0 Å². The van der Waals surface area contributed by atoms with Crippen LogP contribution in [0.25, 0.3) is 11.1 Å². The van der Waals surface area contributed by atoms with E-state index in [1.54, 1.807) is 38.4 Å². The fourth-order valence-corrected chi connectivity index (χ4v) is 7.18. The van der Waals surface area contributed by atoms with Crippen molar-refractivity contribution in [1.29, 1.82) is 0 Å². The van der Waals surface area contributed by atoms with Gasteiger partial charge in [-0.1, -0.05) is 56.3 Å². The van der Waals surface area contributed by atoms with Crippen molar-refractivity contribution in [2.45, 2.75) is 26.3 Å². The number of anilines is 1. The lowest BCUT2D eigenvalue weighted by Crippen LogP contribution is -2.52. The molecule has 0 saturated carbocycles. The molecule has 2 aliphatic rings. The van der Waals surface area contributed by atoms with E-state index in [1.165, 1.54) is 16.4 Å². The van der Waals surface area contributed by atoms with Crippen molar-refractivity contribution in [3.8, 4) is 11.1 Å². The summed E-state index contributed by atoms with van der Waals surface area (Å²) in [5.41, 5.74) is 2.50. The van der Waals surface area contributed by atoms with E-state index in [4.69, 9.17) is 4.74 Å². The molecule has 2 aliphatic heterocycles. The van der Waals surface area contributed by atoms with Gasteiger partial charge >= 0.3 is 6.09 Å². The fraction of sp³-hybridized carbons (Fsp3) is 0.400. The molecule has 2 fully saturated rings. The number of halogens is 1. The van der Waals surface area contributed by atoms with E-state index in [9.17, 15) is 22.4 Å². The number of nitrogens with zero attached hydrogens (tertiary/aromatic N) is 5. The second-order valence-corrected chi connectivity index (χ2v) is 12.9. The number of carbonyl (C=O) groups excluding carboxylic acids is 2. The van der Waals surface area contributed by atoms with Gasteiger partial charge in [-0.15, -0.1) is 0 Å². The molecular weight excluding hydrogens is 561 g/mol. The number of hydrogen-bond acceptors (Lipinski definition) is 8. The fourth-order valence-electron chi connectivity index (χ4n) is 5.27. The van der Waals surface area contributed by atoms with Crippen LogP contribution in [-0.2, 0) is 26.0 Å². The van der Waals surface area contributed by atoms with Gasteiger partial charge in [0.15, 0.2) is 0 Å². The predicted molar refractivity (Wildman–Crippen MR) is 155 cm³/mol. The van der Waals surface area contributed by atoms with Gasteiger partial charge < -0.3 is 9.64 Å². The van der Waals surface area contributed by atoms with Gasteiger partial charge in [0.25, 0.3) is 0 Å². The molecule has 0 unspecified atom stereocenters. The van der Waals surface area contributed by atoms with E-state index in [0.29, 0.717) is 25.5 Å². The number of carbonyl (C=O) groups is 2. The highest BCUT2D eigenvalue weighted by Gasteiger charge is 2.43. The Bertz CT molecular complexity index is 1500. The van der Waals surface area contributed by atoms with Crippen LogP contribution in [0.5, 0.6) is 0 Å². The Morgan fingerprint density at radius 1 is 0.976 bits per heavy atom. The number of cyclic esters (lactones) is 1. The summed E-state index contributed by atoms with van der Waals surface area (Å²) in [6.07, 6.45) is 3.02. The number of imide groups is 1. The molecule has 0 aliphatic carbocycles. The van der Waals surface area contributed by atoms with Crippen molar-refractivity contribution in [3.05, 3.63) is 78.4 Å². The zero-order chi connectivity index (χ0) is 29.9. The highest BCUT2D eigenvalue weighted by atomic mass is 32.2. The first-order chi connectivity index (χ1) is 20.1.